The first kappa shape index (κ1) is 16.5. The third-order valence-corrected chi connectivity index (χ3v) is 2.51. The lowest BCUT2D eigenvalue weighted by molar-refractivity contribution is -0.684. The fourth-order valence-corrected chi connectivity index (χ4v) is 1.54. The third kappa shape index (κ3) is 5.12. The Morgan fingerprint density at radius 1 is 1.19 bits per heavy atom. The van der Waals surface area contributed by atoms with Crippen molar-refractivity contribution in [2.75, 3.05) is 0 Å². The van der Waals surface area contributed by atoms with Gasteiger partial charge < -0.3 is 22.6 Å². The van der Waals surface area contributed by atoms with Crippen molar-refractivity contribution in [2.24, 2.45) is 5.10 Å². The number of hydrogen-bond acceptors (Lipinski definition) is 4. The van der Waals surface area contributed by atoms with Gasteiger partial charge in [-0.05, 0) is 23.8 Å². The molecule has 0 saturated heterocycles. The molecule has 1 heterocycles. The van der Waals surface area contributed by atoms with Crippen LogP contribution in [0.25, 0.3) is 0 Å². The van der Waals surface area contributed by atoms with Gasteiger partial charge in [0.2, 0.25) is 6.54 Å². The van der Waals surface area contributed by atoms with Gasteiger partial charge in [0.15, 0.2) is 23.9 Å². The third-order valence-electron chi connectivity index (χ3n) is 2.51. The predicted octanol–water partition coefficient (Wildman–Crippen LogP) is -2.46. The van der Waals surface area contributed by atoms with Crippen molar-refractivity contribution >= 4 is 12.1 Å². The number of pyridine rings is 1. The first-order valence-electron chi connectivity index (χ1n) is 5.93. The Balaban J connectivity index is 0.00000220. The molecule has 0 radical (unpaired) electrons. The van der Waals surface area contributed by atoms with Crippen LogP contribution in [-0.2, 0) is 11.3 Å². The molecule has 2 aromatic rings. The molecule has 0 aliphatic heterocycles. The number of phenols is 2. The zero-order chi connectivity index (χ0) is 14.4. The summed E-state index contributed by atoms with van der Waals surface area (Å²) in [5.41, 5.74) is 2.94. The number of nitrogens with one attached hydrogen (secondary N) is 1. The Bertz CT molecular complexity index is 633. The minimum atomic E-state index is -0.263. The second kappa shape index (κ2) is 7.86. The van der Waals surface area contributed by atoms with Crippen molar-refractivity contribution in [1.82, 2.24) is 5.43 Å². The van der Waals surface area contributed by atoms with Gasteiger partial charge in [0.1, 0.15) is 0 Å². The maximum atomic E-state index is 11.6. The Hall–Kier alpha value is -2.60. The van der Waals surface area contributed by atoms with E-state index in [2.05, 4.69) is 10.5 Å². The highest BCUT2D eigenvalue weighted by Gasteiger charge is 2.06. The summed E-state index contributed by atoms with van der Waals surface area (Å²) in [5, 5.41) is 22.2. The number of aromatic hydroxyl groups is 2. The zero-order valence-electron chi connectivity index (χ0n) is 11.0. The van der Waals surface area contributed by atoms with E-state index in [1.54, 1.807) is 23.0 Å². The lowest BCUT2D eigenvalue weighted by Gasteiger charge is -1.99. The van der Waals surface area contributed by atoms with Gasteiger partial charge in [-0.25, -0.2) is 5.43 Å². The summed E-state index contributed by atoms with van der Waals surface area (Å²) in [4.78, 5) is 11.6. The van der Waals surface area contributed by atoms with E-state index in [9.17, 15) is 9.90 Å². The van der Waals surface area contributed by atoms with Crippen molar-refractivity contribution in [2.45, 2.75) is 6.54 Å². The highest BCUT2D eigenvalue weighted by Crippen LogP contribution is 2.23. The van der Waals surface area contributed by atoms with Gasteiger partial charge in [-0.15, -0.1) is 0 Å². The number of amides is 1. The molecule has 1 aromatic carbocycles. The summed E-state index contributed by atoms with van der Waals surface area (Å²) >= 11 is 0. The number of rotatable bonds is 4. The molecular weight excluding hydrogens is 294 g/mol. The summed E-state index contributed by atoms with van der Waals surface area (Å²) in [6.45, 7) is 0.166. The summed E-state index contributed by atoms with van der Waals surface area (Å²) in [6, 6.07) is 9.78. The molecule has 0 aliphatic rings. The molecule has 0 atom stereocenters. The van der Waals surface area contributed by atoms with Crippen LogP contribution < -0.4 is 22.4 Å². The fourth-order valence-electron chi connectivity index (χ4n) is 1.54. The summed E-state index contributed by atoms with van der Waals surface area (Å²) in [5.74, 6) is -0.702. The minimum Gasteiger partial charge on any atom is -1.00 e. The Morgan fingerprint density at radius 2 is 1.90 bits per heavy atom. The van der Waals surface area contributed by atoms with Crippen LogP contribution in [0.4, 0.5) is 0 Å². The number of nitrogens with zero attached hydrogens (tertiary/aromatic N) is 2. The van der Waals surface area contributed by atoms with Crippen LogP contribution >= 0.6 is 0 Å². The van der Waals surface area contributed by atoms with Crippen LogP contribution in [0.1, 0.15) is 5.56 Å². The standard InChI is InChI=1S/C14H13N3O3.ClH/c18-12-5-4-11(8-13(12)19)9-15-16-14(20)10-17-6-2-1-3-7-17;/h1-9H,10H2,(H2-,15,16,18,19,20);1H. The molecule has 0 fully saturated rings. The second-order valence-electron chi connectivity index (χ2n) is 4.09. The molecule has 0 spiro atoms. The molecule has 0 bridgehead atoms. The van der Waals surface area contributed by atoms with Crippen LogP contribution in [0.3, 0.4) is 0 Å². The maximum Gasteiger partial charge on any atom is 0.305 e. The lowest BCUT2D eigenvalue weighted by Crippen LogP contribution is -3.00. The fraction of sp³-hybridized carbons (Fsp3) is 0.0714. The Morgan fingerprint density at radius 3 is 2.57 bits per heavy atom. The van der Waals surface area contributed by atoms with Crippen molar-refractivity contribution in [3.63, 3.8) is 0 Å². The van der Waals surface area contributed by atoms with E-state index in [1.165, 1.54) is 18.3 Å². The molecule has 0 aliphatic carbocycles. The van der Waals surface area contributed by atoms with E-state index in [0.717, 1.165) is 0 Å². The monoisotopic (exact) mass is 307 g/mol. The normalized spacial score (nSPS) is 10.1. The van der Waals surface area contributed by atoms with Gasteiger partial charge in [0.25, 0.3) is 0 Å². The molecule has 21 heavy (non-hydrogen) atoms. The maximum absolute atomic E-state index is 11.6. The van der Waals surface area contributed by atoms with Crippen LogP contribution in [-0.4, -0.2) is 22.3 Å². The summed E-state index contributed by atoms with van der Waals surface area (Å²) in [6.07, 6.45) is 4.94. The van der Waals surface area contributed by atoms with Crippen molar-refractivity contribution in [3.8, 4) is 11.5 Å². The van der Waals surface area contributed by atoms with Gasteiger partial charge in [-0.2, -0.15) is 9.67 Å². The van der Waals surface area contributed by atoms with Gasteiger partial charge in [-0.1, -0.05) is 6.07 Å². The number of carbonyl (C=O) groups excluding carboxylic acids is 1. The quantitative estimate of drug-likeness (QED) is 0.253. The number of benzene rings is 1. The molecule has 110 valence electrons. The minimum absolute atomic E-state index is 0. The zero-order valence-corrected chi connectivity index (χ0v) is 11.7. The number of phenolic OH excluding ortho intramolecular Hbond substituents is 2. The van der Waals surface area contributed by atoms with Gasteiger partial charge in [0, 0.05) is 12.1 Å². The average molecular weight is 308 g/mol. The number of hydrogen-bond donors (Lipinski definition) is 3. The number of hydrazone groups is 1. The largest absolute Gasteiger partial charge is 1.00 e. The van der Waals surface area contributed by atoms with Gasteiger partial charge in [0.05, 0.1) is 6.21 Å². The Labute approximate surface area is 127 Å². The van der Waals surface area contributed by atoms with Crippen molar-refractivity contribution < 1.29 is 32.0 Å². The lowest BCUT2D eigenvalue weighted by atomic mass is 10.2. The van der Waals surface area contributed by atoms with E-state index in [0.29, 0.717) is 5.56 Å². The molecule has 0 saturated carbocycles. The predicted molar refractivity (Wildman–Crippen MR) is 72.1 cm³/mol. The molecule has 6 nitrogen and oxygen atoms in total. The summed E-state index contributed by atoms with van der Waals surface area (Å²) < 4.78 is 1.72. The van der Waals surface area contributed by atoms with Crippen LogP contribution in [0.5, 0.6) is 11.5 Å². The Kier molecular flexibility index (Phi) is 6.16. The van der Waals surface area contributed by atoms with Crippen LogP contribution in [0, 0.1) is 0 Å². The molecule has 1 amide bonds. The molecule has 2 rings (SSSR count). The highest BCUT2D eigenvalue weighted by molar-refractivity contribution is 5.82. The van der Waals surface area contributed by atoms with Crippen molar-refractivity contribution in [1.29, 1.82) is 0 Å². The topological polar surface area (TPSA) is 85.8 Å². The van der Waals surface area contributed by atoms with Gasteiger partial charge >= 0.3 is 5.91 Å². The van der Waals surface area contributed by atoms with E-state index in [1.807, 2.05) is 18.2 Å². The number of halogens is 1. The van der Waals surface area contributed by atoms with Crippen LogP contribution in [0.15, 0.2) is 53.9 Å². The van der Waals surface area contributed by atoms with E-state index in [4.69, 9.17) is 5.11 Å². The summed E-state index contributed by atoms with van der Waals surface area (Å²) in [7, 11) is 0. The van der Waals surface area contributed by atoms with E-state index in [-0.39, 0.29) is 36.4 Å². The molecule has 0 unspecified atom stereocenters. The SMILES string of the molecule is O=C(C[n+]1ccccc1)N/N=C/c1ccc(O)c(O)c1.[Cl-]. The van der Waals surface area contributed by atoms with Gasteiger partial charge in [-0.3, -0.25) is 4.79 Å². The second-order valence-corrected chi connectivity index (χ2v) is 4.09. The van der Waals surface area contributed by atoms with Crippen LogP contribution in [0.2, 0.25) is 0 Å². The molecular formula is C14H14ClN3O3. The first-order valence-corrected chi connectivity index (χ1v) is 5.93. The number of carbonyl (C=O) groups is 1. The van der Waals surface area contributed by atoms with E-state index >= 15 is 0 Å². The molecule has 7 heteroatoms. The smallest absolute Gasteiger partial charge is 0.305 e. The average Bonchev–Trinajstić information content (AvgIpc) is 2.44. The first-order chi connectivity index (χ1) is 9.65. The molecule has 3 N–H and O–H groups in total. The number of aromatic nitrogens is 1. The van der Waals surface area contributed by atoms with E-state index < -0.39 is 0 Å². The highest BCUT2D eigenvalue weighted by atomic mass is 35.5. The van der Waals surface area contributed by atoms with Crippen molar-refractivity contribution in [3.05, 3.63) is 54.4 Å². The molecule has 1 aromatic heterocycles.